The van der Waals surface area contributed by atoms with Crippen LogP contribution in [0.1, 0.15) is 20.8 Å². The quantitative estimate of drug-likeness (QED) is 0.657. The first kappa shape index (κ1) is 9.96. The fourth-order valence-corrected chi connectivity index (χ4v) is 1.58. The first-order chi connectivity index (χ1) is 5.52. The second-order valence-corrected chi connectivity index (χ2v) is 4.29. The molecular weight excluding hydrogens is 152 g/mol. The Labute approximate surface area is 74.9 Å². The van der Waals surface area contributed by atoms with Crippen LogP contribution in [0, 0.1) is 0 Å². The van der Waals surface area contributed by atoms with Gasteiger partial charge in [-0.25, -0.2) is 0 Å². The minimum Gasteiger partial charge on any atom is -0.378 e. The zero-order valence-electron chi connectivity index (χ0n) is 8.34. The Hall–Kier alpha value is -0.120. The standard InChI is InChI=1S/C9H20N2O/c1-8(10)6-11-4-5-12-7-9(11,2)3/h8H,4-7,10H2,1-3H3/t8-/m1/s1. The molecule has 0 unspecified atom stereocenters. The highest BCUT2D eigenvalue weighted by molar-refractivity contribution is 4.85. The van der Waals surface area contributed by atoms with E-state index in [1.54, 1.807) is 0 Å². The van der Waals surface area contributed by atoms with Crippen LogP contribution < -0.4 is 5.73 Å². The largest absolute Gasteiger partial charge is 0.378 e. The van der Waals surface area contributed by atoms with E-state index in [0.29, 0.717) is 0 Å². The van der Waals surface area contributed by atoms with Gasteiger partial charge >= 0.3 is 0 Å². The van der Waals surface area contributed by atoms with Crippen LogP contribution in [0.5, 0.6) is 0 Å². The molecule has 0 bridgehead atoms. The van der Waals surface area contributed by atoms with Crippen molar-refractivity contribution in [2.24, 2.45) is 5.73 Å². The van der Waals surface area contributed by atoms with Gasteiger partial charge in [-0.3, -0.25) is 4.90 Å². The van der Waals surface area contributed by atoms with E-state index < -0.39 is 0 Å². The third kappa shape index (κ3) is 2.44. The summed E-state index contributed by atoms with van der Waals surface area (Å²) in [7, 11) is 0. The summed E-state index contributed by atoms with van der Waals surface area (Å²) in [6, 6.07) is 0.252. The fraction of sp³-hybridized carbons (Fsp3) is 1.00. The van der Waals surface area contributed by atoms with E-state index >= 15 is 0 Å². The minimum atomic E-state index is 0.159. The molecule has 0 aromatic carbocycles. The second kappa shape index (κ2) is 3.73. The Bertz CT molecular complexity index is 145. The monoisotopic (exact) mass is 172 g/mol. The summed E-state index contributed by atoms with van der Waals surface area (Å²) in [5, 5.41) is 0. The van der Waals surface area contributed by atoms with Crippen molar-refractivity contribution in [3.05, 3.63) is 0 Å². The Morgan fingerprint density at radius 3 is 2.75 bits per heavy atom. The smallest absolute Gasteiger partial charge is 0.0645 e. The van der Waals surface area contributed by atoms with Gasteiger partial charge in [0.25, 0.3) is 0 Å². The lowest BCUT2D eigenvalue weighted by molar-refractivity contribution is -0.0523. The third-order valence-electron chi connectivity index (χ3n) is 2.33. The topological polar surface area (TPSA) is 38.5 Å². The van der Waals surface area contributed by atoms with Gasteiger partial charge in [0.05, 0.1) is 13.2 Å². The van der Waals surface area contributed by atoms with Gasteiger partial charge in [0.1, 0.15) is 0 Å². The van der Waals surface area contributed by atoms with Crippen molar-refractivity contribution < 1.29 is 4.74 Å². The molecule has 12 heavy (non-hydrogen) atoms. The summed E-state index contributed by atoms with van der Waals surface area (Å²) in [6.45, 7) is 10.1. The van der Waals surface area contributed by atoms with Crippen LogP contribution >= 0.6 is 0 Å². The molecule has 0 aromatic rings. The number of ether oxygens (including phenoxy) is 1. The molecule has 0 aliphatic carbocycles. The van der Waals surface area contributed by atoms with E-state index in [-0.39, 0.29) is 11.6 Å². The predicted molar refractivity (Wildman–Crippen MR) is 50.1 cm³/mol. The molecule has 0 saturated carbocycles. The number of hydrogen-bond donors (Lipinski definition) is 1. The van der Waals surface area contributed by atoms with Gasteiger partial charge in [0.15, 0.2) is 0 Å². The van der Waals surface area contributed by atoms with Gasteiger partial charge < -0.3 is 10.5 Å². The van der Waals surface area contributed by atoms with E-state index in [0.717, 1.165) is 26.3 Å². The molecule has 1 fully saturated rings. The van der Waals surface area contributed by atoms with Crippen LogP contribution in [0.2, 0.25) is 0 Å². The number of nitrogens with two attached hydrogens (primary N) is 1. The lowest BCUT2D eigenvalue weighted by atomic mass is 10.0. The van der Waals surface area contributed by atoms with Crippen molar-refractivity contribution in [3.8, 4) is 0 Å². The molecule has 0 spiro atoms. The van der Waals surface area contributed by atoms with Crippen LogP contribution in [-0.2, 0) is 4.74 Å². The molecule has 0 amide bonds. The maximum absolute atomic E-state index is 5.76. The Kier molecular flexibility index (Phi) is 3.09. The number of morpholine rings is 1. The van der Waals surface area contributed by atoms with Crippen molar-refractivity contribution in [2.45, 2.75) is 32.4 Å². The van der Waals surface area contributed by atoms with Gasteiger partial charge in [-0.1, -0.05) is 0 Å². The van der Waals surface area contributed by atoms with Gasteiger partial charge in [-0.15, -0.1) is 0 Å². The second-order valence-electron chi connectivity index (χ2n) is 4.29. The lowest BCUT2D eigenvalue weighted by Gasteiger charge is -2.42. The molecule has 1 rings (SSSR count). The van der Waals surface area contributed by atoms with Crippen LogP contribution in [0.25, 0.3) is 0 Å². The van der Waals surface area contributed by atoms with E-state index in [1.807, 2.05) is 6.92 Å². The average molecular weight is 172 g/mol. The molecule has 3 heteroatoms. The fourth-order valence-electron chi connectivity index (χ4n) is 1.58. The predicted octanol–water partition coefficient (Wildman–Crippen LogP) is 0.444. The molecule has 2 N–H and O–H groups in total. The first-order valence-corrected chi connectivity index (χ1v) is 4.61. The van der Waals surface area contributed by atoms with Crippen LogP contribution in [0.3, 0.4) is 0 Å². The Morgan fingerprint density at radius 1 is 1.58 bits per heavy atom. The highest BCUT2D eigenvalue weighted by Gasteiger charge is 2.30. The van der Waals surface area contributed by atoms with Crippen molar-refractivity contribution in [1.82, 2.24) is 4.90 Å². The molecule has 1 aliphatic rings. The lowest BCUT2D eigenvalue weighted by Crippen LogP contribution is -2.55. The summed E-state index contributed by atoms with van der Waals surface area (Å²) < 4.78 is 5.41. The van der Waals surface area contributed by atoms with E-state index in [4.69, 9.17) is 10.5 Å². The SMILES string of the molecule is C[C@@H](N)CN1CCOCC1(C)C. The molecule has 0 radical (unpaired) electrons. The first-order valence-electron chi connectivity index (χ1n) is 4.61. The average Bonchev–Trinajstić information content (AvgIpc) is 1.92. The zero-order chi connectivity index (χ0) is 9.19. The van der Waals surface area contributed by atoms with E-state index in [2.05, 4.69) is 18.7 Å². The maximum atomic E-state index is 5.76. The summed E-state index contributed by atoms with van der Waals surface area (Å²) in [6.07, 6.45) is 0. The normalized spacial score (nSPS) is 27.0. The Balaban J connectivity index is 2.48. The third-order valence-corrected chi connectivity index (χ3v) is 2.33. The summed E-state index contributed by atoms with van der Waals surface area (Å²) >= 11 is 0. The minimum absolute atomic E-state index is 0.159. The van der Waals surface area contributed by atoms with Crippen LogP contribution in [0.15, 0.2) is 0 Å². The highest BCUT2D eigenvalue weighted by Crippen LogP contribution is 2.18. The van der Waals surface area contributed by atoms with Gasteiger partial charge in [-0.05, 0) is 20.8 Å². The zero-order valence-corrected chi connectivity index (χ0v) is 8.34. The van der Waals surface area contributed by atoms with E-state index in [1.165, 1.54) is 0 Å². The van der Waals surface area contributed by atoms with Crippen LogP contribution in [-0.4, -0.2) is 42.8 Å². The molecule has 72 valence electrons. The molecule has 1 aliphatic heterocycles. The van der Waals surface area contributed by atoms with E-state index in [9.17, 15) is 0 Å². The van der Waals surface area contributed by atoms with Crippen LogP contribution in [0.4, 0.5) is 0 Å². The summed E-state index contributed by atoms with van der Waals surface area (Å²) in [4.78, 5) is 2.40. The van der Waals surface area contributed by atoms with Crippen molar-refractivity contribution in [3.63, 3.8) is 0 Å². The summed E-state index contributed by atoms with van der Waals surface area (Å²) in [5.74, 6) is 0. The number of nitrogens with zero attached hydrogens (tertiary/aromatic N) is 1. The molecular formula is C9H20N2O. The summed E-state index contributed by atoms with van der Waals surface area (Å²) in [5.41, 5.74) is 5.92. The van der Waals surface area contributed by atoms with Crippen molar-refractivity contribution >= 4 is 0 Å². The van der Waals surface area contributed by atoms with Crippen molar-refractivity contribution in [2.75, 3.05) is 26.3 Å². The van der Waals surface area contributed by atoms with Gasteiger partial charge in [0, 0.05) is 24.7 Å². The highest BCUT2D eigenvalue weighted by atomic mass is 16.5. The maximum Gasteiger partial charge on any atom is 0.0645 e. The van der Waals surface area contributed by atoms with Gasteiger partial charge in [-0.2, -0.15) is 0 Å². The number of rotatable bonds is 2. The molecule has 3 nitrogen and oxygen atoms in total. The molecule has 1 atom stereocenters. The number of hydrogen-bond acceptors (Lipinski definition) is 3. The molecule has 0 aromatic heterocycles. The van der Waals surface area contributed by atoms with Crippen molar-refractivity contribution in [1.29, 1.82) is 0 Å². The molecule has 1 saturated heterocycles. The van der Waals surface area contributed by atoms with Gasteiger partial charge in [0.2, 0.25) is 0 Å². The Morgan fingerprint density at radius 2 is 2.25 bits per heavy atom. The molecule has 1 heterocycles.